The fourth-order valence-electron chi connectivity index (χ4n) is 2.20. The molecule has 0 aliphatic rings. The lowest BCUT2D eigenvalue weighted by molar-refractivity contribution is -0.118. The molecule has 9 heteroatoms. The SMILES string of the molecule is COC(=O)c1c(NC(=O)COc2ccc(Cl)cc2)sc(C(=O)N(C)C)c1C. The zero-order valence-electron chi connectivity index (χ0n) is 15.3. The van der Waals surface area contributed by atoms with E-state index in [4.69, 9.17) is 21.1 Å². The van der Waals surface area contributed by atoms with Crippen molar-refractivity contribution >= 4 is 45.7 Å². The standard InChI is InChI=1S/C18H19ClN2O5S/c1-10-14(18(24)25-4)16(27-15(10)17(23)21(2)3)20-13(22)9-26-12-7-5-11(19)6-8-12/h5-8H,9H2,1-4H3,(H,20,22). The van der Waals surface area contributed by atoms with Gasteiger partial charge in [0.15, 0.2) is 6.61 Å². The highest BCUT2D eigenvalue weighted by Gasteiger charge is 2.27. The lowest BCUT2D eigenvalue weighted by Gasteiger charge is -2.08. The first-order chi connectivity index (χ1) is 12.7. The summed E-state index contributed by atoms with van der Waals surface area (Å²) in [5, 5.41) is 3.42. The molecule has 0 atom stereocenters. The monoisotopic (exact) mass is 410 g/mol. The first-order valence-electron chi connectivity index (χ1n) is 7.86. The number of carbonyl (C=O) groups is 3. The molecule has 0 saturated heterocycles. The predicted octanol–water partition coefficient (Wildman–Crippen LogP) is 3.22. The Kier molecular flexibility index (Phi) is 6.81. The van der Waals surface area contributed by atoms with Gasteiger partial charge in [-0.2, -0.15) is 0 Å². The third-order valence-electron chi connectivity index (χ3n) is 3.57. The van der Waals surface area contributed by atoms with E-state index >= 15 is 0 Å². The average molecular weight is 411 g/mol. The molecule has 0 saturated carbocycles. The molecule has 144 valence electrons. The third kappa shape index (κ3) is 4.99. The molecular formula is C18H19ClN2O5S. The summed E-state index contributed by atoms with van der Waals surface area (Å²) in [5.41, 5.74) is 0.618. The van der Waals surface area contributed by atoms with Crippen LogP contribution in [0.1, 0.15) is 25.6 Å². The normalized spacial score (nSPS) is 10.3. The van der Waals surface area contributed by atoms with Crippen LogP contribution < -0.4 is 10.1 Å². The van der Waals surface area contributed by atoms with Gasteiger partial charge in [0, 0.05) is 19.1 Å². The minimum Gasteiger partial charge on any atom is -0.484 e. The van der Waals surface area contributed by atoms with E-state index in [1.807, 2.05) is 0 Å². The molecule has 0 radical (unpaired) electrons. The lowest BCUT2D eigenvalue weighted by atomic mass is 10.1. The van der Waals surface area contributed by atoms with Gasteiger partial charge in [-0.1, -0.05) is 11.6 Å². The Bertz CT molecular complexity index is 861. The van der Waals surface area contributed by atoms with Crippen LogP contribution in [-0.4, -0.2) is 50.5 Å². The number of nitrogens with zero attached hydrogens (tertiary/aromatic N) is 1. The van der Waals surface area contributed by atoms with Crippen molar-refractivity contribution in [3.8, 4) is 5.75 Å². The molecule has 0 unspecified atom stereocenters. The van der Waals surface area contributed by atoms with Gasteiger partial charge in [0.1, 0.15) is 10.8 Å². The second-order valence-electron chi connectivity index (χ2n) is 5.74. The van der Waals surface area contributed by atoms with Crippen LogP contribution in [0.5, 0.6) is 5.75 Å². The van der Waals surface area contributed by atoms with Crippen molar-refractivity contribution in [3.63, 3.8) is 0 Å². The molecule has 0 aliphatic heterocycles. The van der Waals surface area contributed by atoms with Crippen molar-refractivity contribution in [1.82, 2.24) is 4.90 Å². The first kappa shape index (κ1) is 20.7. The van der Waals surface area contributed by atoms with Gasteiger partial charge < -0.3 is 19.7 Å². The Balaban J connectivity index is 2.19. The largest absolute Gasteiger partial charge is 0.484 e. The number of nitrogens with one attached hydrogen (secondary N) is 1. The van der Waals surface area contributed by atoms with Crippen molar-refractivity contribution in [2.45, 2.75) is 6.92 Å². The molecular weight excluding hydrogens is 392 g/mol. The molecule has 0 aliphatic carbocycles. The zero-order valence-corrected chi connectivity index (χ0v) is 16.9. The van der Waals surface area contributed by atoms with Gasteiger partial charge >= 0.3 is 5.97 Å². The summed E-state index contributed by atoms with van der Waals surface area (Å²) in [5.74, 6) is -0.884. The molecule has 7 nitrogen and oxygen atoms in total. The highest BCUT2D eigenvalue weighted by Crippen LogP contribution is 2.34. The van der Waals surface area contributed by atoms with E-state index in [1.54, 1.807) is 45.3 Å². The maximum atomic E-state index is 12.3. The number of hydrogen-bond donors (Lipinski definition) is 1. The van der Waals surface area contributed by atoms with E-state index in [-0.39, 0.29) is 23.1 Å². The number of thiophene rings is 1. The molecule has 0 spiro atoms. The van der Waals surface area contributed by atoms with Crippen molar-refractivity contribution in [2.75, 3.05) is 33.1 Å². The molecule has 1 heterocycles. The van der Waals surface area contributed by atoms with E-state index in [0.29, 0.717) is 21.2 Å². The number of anilines is 1. The fraction of sp³-hybridized carbons (Fsp3) is 0.278. The highest BCUT2D eigenvalue weighted by molar-refractivity contribution is 7.18. The van der Waals surface area contributed by atoms with Gasteiger partial charge in [-0.3, -0.25) is 9.59 Å². The van der Waals surface area contributed by atoms with Crippen molar-refractivity contribution in [3.05, 3.63) is 45.3 Å². The van der Waals surface area contributed by atoms with E-state index < -0.39 is 11.9 Å². The van der Waals surface area contributed by atoms with Crippen molar-refractivity contribution in [1.29, 1.82) is 0 Å². The number of carbonyl (C=O) groups excluding carboxylic acids is 3. The number of halogens is 1. The molecule has 2 amide bonds. The van der Waals surface area contributed by atoms with Crippen molar-refractivity contribution < 1.29 is 23.9 Å². The van der Waals surface area contributed by atoms with E-state index in [0.717, 1.165) is 11.3 Å². The number of esters is 1. The summed E-state index contributed by atoms with van der Waals surface area (Å²) in [6.45, 7) is 1.37. The highest BCUT2D eigenvalue weighted by atomic mass is 35.5. The van der Waals surface area contributed by atoms with Crippen LogP contribution in [0, 0.1) is 6.92 Å². The Morgan fingerprint density at radius 1 is 1.19 bits per heavy atom. The predicted molar refractivity (Wildman–Crippen MR) is 104 cm³/mol. The van der Waals surface area contributed by atoms with Crippen molar-refractivity contribution in [2.24, 2.45) is 0 Å². The average Bonchev–Trinajstić information content (AvgIpc) is 2.95. The minimum atomic E-state index is -0.629. The molecule has 0 fully saturated rings. The summed E-state index contributed by atoms with van der Waals surface area (Å²) >= 11 is 6.82. The number of rotatable bonds is 6. The topological polar surface area (TPSA) is 84.9 Å². The quantitative estimate of drug-likeness (QED) is 0.739. The molecule has 2 aromatic rings. The van der Waals surface area contributed by atoms with E-state index in [1.165, 1.54) is 12.0 Å². The Hall–Kier alpha value is -2.58. The molecule has 1 aromatic heterocycles. The van der Waals surface area contributed by atoms with Gasteiger partial charge in [-0.05, 0) is 36.8 Å². The first-order valence-corrected chi connectivity index (χ1v) is 9.05. The lowest BCUT2D eigenvalue weighted by Crippen LogP contribution is -2.21. The van der Waals surface area contributed by atoms with Crippen LogP contribution in [0.25, 0.3) is 0 Å². The summed E-state index contributed by atoms with van der Waals surface area (Å²) in [4.78, 5) is 38.4. The second kappa shape index (κ2) is 8.88. The number of benzene rings is 1. The van der Waals surface area contributed by atoms with Gasteiger partial charge in [-0.25, -0.2) is 4.79 Å². The smallest absolute Gasteiger partial charge is 0.341 e. The van der Waals surface area contributed by atoms with Crippen LogP contribution in [0.15, 0.2) is 24.3 Å². The number of methoxy groups -OCH3 is 1. The number of ether oxygens (including phenoxy) is 2. The van der Waals surface area contributed by atoms with E-state index in [9.17, 15) is 14.4 Å². The van der Waals surface area contributed by atoms with Gasteiger partial charge in [0.05, 0.1) is 17.6 Å². The number of hydrogen-bond acceptors (Lipinski definition) is 6. The molecule has 1 N–H and O–H groups in total. The Labute approximate surface area is 165 Å². The van der Waals surface area contributed by atoms with Gasteiger partial charge in [0.25, 0.3) is 11.8 Å². The van der Waals surface area contributed by atoms with Gasteiger partial charge in [-0.15, -0.1) is 11.3 Å². The third-order valence-corrected chi connectivity index (χ3v) is 5.02. The molecule has 0 bridgehead atoms. The molecule has 27 heavy (non-hydrogen) atoms. The van der Waals surface area contributed by atoms with Gasteiger partial charge in [0.2, 0.25) is 0 Å². The summed E-state index contributed by atoms with van der Waals surface area (Å²) in [7, 11) is 4.46. The number of amides is 2. The second-order valence-corrected chi connectivity index (χ2v) is 7.20. The maximum Gasteiger partial charge on any atom is 0.341 e. The summed E-state index contributed by atoms with van der Waals surface area (Å²) in [6, 6.07) is 6.56. The zero-order chi connectivity index (χ0) is 20.1. The molecule has 2 rings (SSSR count). The van der Waals surface area contributed by atoms with E-state index in [2.05, 4.69) is 5.32 Å². The van der Waals surface area contributed by atoms with Crippen LogP contribution >= 0.6 is 22.9 Å². The van der Waals surface area contributed by atoms with Crippen LogP contribution in [0.3, 0.4) is 0 Å². The summed E-state index contributed by atoms with van der Waals surface area (Å²) < 4.78 is 10.2. The van der Waals surface area contributed by atoms with Crippen LogP contribution in [0.4, 0.5) is 5.00 Å². The van der Waals surface area contributed by atoms with Crippen LogP contribution in [-0.2, 0) is 9.53 Å². The maximum absolute atomic E-state index is 12.3. The Morgan fingerprint density at radius 2 is 1.81 bits per heavy atom. The minimum absolute atomic E-state index is 0.160. The summed E-state index contributed by atoms with van der Waals surface area (Å²) in [6.07, 6.45) is 0. The Morgan fingerprint density at radius 3 is 2.37 bits per heavy atom. The molecule has 1 aromatic carbocycles. The van der Waals surface area contributed by atoms with Crippen LogP contribution in [0.2, 0.25) is 5.02 Å². The fourth-order valence-corrected chi connectivity index (χ4v) is 3.56.